The average molecular weight is 569 g/mol. The van der Waals surface area contributed by atoms with E-state index in [0.29, 0.717) is 6.42 Å². The highest BCUT2D eigenvalue weighted by Gasteiger charge is 2.36. The van der Waals surface area contributed by atoms with Crippen LogP contribution in [0.25, 0.3) is 0 Å². The van der Waals surface area contributed by atoms with Gasteiger partial charge < -0.3 is 10.2 Å². The molecule has 2 unspecified atom stereocenters. The maximum atomic E-state index is 10.3. The van der Waals surface area contributed by atoms with Crippen molar-refractivity contribution in [3.8, 4) is 0 Å². The Morgan fingerprint density at radius 2 is 1.10 bits per heavy atom. The molecule has 0 aromatic heterocycles. The summed E-state index contributed by atoms with van der Waals surface area (Å²) in [6, 6.07) is 0. The Kier molecular flexibility index (Phi) is 13.5. The molecular formula is C40H56O2. The first-order valence-electron chi connectivity index (χ1n) is 15.5. The van der Waals surface area contributed by atoms with Crippen molar-refractivity contribution >= 4 is 0 Å². The smallest absolute Gasteiger partial charge is 0.101 e. The van der Waals surface area contributed by atoms with Gasteiger partial charge in [-0.2, -0.15) is 0 Å². The second-order valence-corrected chi connectivity index (χ2v) is 13.5. The van der Waals surface area contributed by atoms with Crippen molar-refractivity contribution in [1.29, 1.82) is 0 Å². The highest BCUT2D eigenvalue weighted by molar-refractivity contribution is 5.40. The van der Waals surface area contributed by atoms with Crippen LogP contribution < -0.4 is 0 Å². The lowest BCUT2D eigenvalue weighted by atomic mass is 9.70. The number of aliphatic hydroxyl groups excluding tert-OH is 2. The van der Waals surface area contributed by atoms with Gasteiger partial charge in [-0.1, -0.05) is 141 Å². The largest absolute Gasteiger partial charge is 0.390 e. The fraction of sp³-hybridized carbons (Fsp3) is 0.450. The topological polar surface area (TPSA) is 40.5 Å². The van der Waals surface area contributed by atoms with E-state index < -0.39 is 12.2 Å². The summed E-state index contributed by atoms with van der Waals surface area (Å²) in [5, 5.41) is 20.4. The normalized spacial score (nSPS) is 25.0. The molecule has 2 heteroatoms. The highest BCUT2D eigenvalue weighted by Crippen LogP contribution is 2.42. The van der Waals surface area contributed by atoms with Crippen molar-refractivity contribution in [1.82, 2.24) is 0 Å². The molecule has 0 fully saturated rings. The van der Waals surface area contributed by atoms with Crippen LogP contribution in [0.15, 0.2) is 130 Å². The Labute approximate surface area is 257 Å². The van der Waals surface area contributed by atoms with Gasteiger partial charge in [-0.25, -0.2) is 0 Å². The summed E-state index contributed by atoms with van der Waals surface area (Å²) in [6.45, 7) is 21.6. The SMILES string of the molecule is CC1=C(/C=C/C(C)=C/C=C/C(C)=C/C=C/C=C(C)/C=C/C=C(C)/C=C/C2=C(C)C(O)C(O)CC2(C)C)C(C)(C)CCC1. The van der Waals surface area contributed by atoms with E-state index in [9.17, 15) is 10.2 Å². The van der Waals surface area contributed by atoms with E-state index in [1.54, 1.807) is 0 Å². The molecule has 0 amide bonds. The molecule has 42 heavy (non-hydrogen) atoms. The number of aliphatic hydroxyl groups is 2. The first-order valence-corrected chi connectivity index (χ1v) is 15.5. The number of allylic oxidation sites excluding steroid dienone is 21. The van der Waals surface area contributed by atoms with Crippen molar-refractivity contribution in [2.45, 2.75) is 107 Å². The van der Waals surface area contributed by atoms with Gasteiger partial charge in [0, 0.05) is 0 Å². The van der Waals surface area contributed by atoms with Crippen LogP contribution in [0.4, 0.5) is 0 Å². The lowest BCUT2D eigenvalue weighted by molar-refractivity contribution is 0.00686. The van der Waals surface area contributed by atoms with Crippen LogP contribution in [-0.4, -0.2) is 22.4 Å². The molecule has 228 valence electrons. The summed E-state index contributed by atoms with van der Waals surface area (Å²) in [5.74, 6) is 0. The Hall–Kier alpha value is -2.94. The molecule has 2 rings (SSSR count). The number of hydrogen-bond donors (Lipinski definition) is 2. The molecule has 2 nitrogen and oxygen atoms in total. The predicted molar refractivity (Wildman–Crippen MR) is 184 cm³/mol. The Balaban J connectivity index is 1.92. The summed E-state index contributed by atoms with van der Waals surface area (Å²) < 4.78 is 0. The van der Waals surface area contributed by atoms with Crippen LogP contribution in [0.3, 0.4) is 0 Å². The van der Waals surface area contributed by atoms with E-state index in [2.05, 4.69) is 147 Å². The van der Waals surface area contributed by atoms with Gasteiger partial charge in [-0.15, -0.1) is 0 Å². The van der Waals surface area contributed by atoms with Gasteiger partial charge in [0.1, 0.15) is 6.10 Å². The molecule has 0 heterocycles. The monoisotopic (exact) mass is 568 g/mol. The average Bonchev–Trinajstić information content (AvgIpc) is 2.88. The molecule has 0 aromatic carbocycles. The third-order valence-electron chi connectivity index (χ3n) is 8.52. The van der Waals surface area contributed by atoms with Crippen LogP contribution >= 0.6 is 0 Å². The van der Waals surface area contributed by atoms with E-state index in [-0.39, 0.29) is 10.8 Å². The van der Waals surface area contributed by atoms with Crippen molar-refractivity contribution < 1.29 is 10.2 Å². The molecular weight excluding hydrogens is 512 g/mol. The molecule has 2 N–H and O–H groups in total. The third-order valence-corrected chi connectivity index (χ3v) is 8.52. The molecule has 0 radical (unpaired) electrons. The van der Waals surface area contributed by atoms with E-state index in [4.69, 9.17) is 0 Å². The maximum absolute atomic E-state index is 10.3. The second kappa shape index (κ2) is 16.1. The van der Waals surface area contributed by atoms with Crippen molar-refractivity contribution in [3.05, 3.63) is 130 Å². The molecule has 2 aliphatic carbocycles. The first kappa shape index (κ1) is 35.3. The van der Waals surface area contributed by atoms with E-state index in [1.165, 1.54) is 47.1 Å². The summed E-state index contributed by atoms with van der Waals surface area (Å²) in [4.78, 5) is 0. The van der Waals surface area contributed by atoms with E-state index in [0.717, 1.165) is 16.7 Å². The Morgan fingerprint density at radius 3 is 1.60 bits per heavy atom. The fourth-order valence-electron chi connectivity index (χ4n) is 5.86. The second-order valence-electron chi connectivity index (χ2n) is 13.5. The number of hydrogen-bond acceptors (Lipinski definition) is 2. The van der Waals surface area contributed by atoms with E-state index in [1.807, 2.05) is 6.92 Å². The zero-order valence-corrected chi connectivity index (χ0v) is 28.0. The molecule has 0 bridgehead atoms. The zero-order chi connectivity index (χ0) is 31.5. The summed E-state index contributed by atoms with van der Waals surface area (Å²) >= 11 is 0. The van der Waals surface area contributed by atoms with Gasteiger partial charge >= 0.3 is 0 Å². The molecule has 0 aromatic rings. The van der Waals surface area contributed by atoms with Crippen LogP contribution in [0.5, 0.6) is 0 Å². The van der Waals surface area contributed by atoms with Crippen LogP contribution in [0.1, 0.15) is 94.9 Å². The van der Waals surface area contributed by atoms with Gasteiger partial charge in [-0.05, 0) is 94.8 Å². The summed E-state index contributed by atoms with van der Waals surface area (Å²) in [6.07, 6.45) is 32.7. The predicted octanol–water partition coefficient (Wildman–Crippen LogP) is 10.5. The standard InChI is InChI=1S/C40H56O2/c1-29(18-13-20-31(3)23-25-35-33(5)22-15-27-39(35,7)8)16-11-12-17-30(2)19-14-21-32(4)24-26-36-34(6)38(42)37(41)28-40(36,9)10/h11-14,16-21,23-26,37-38,41-42H,15,22,27-28H2,1-10H3/b12-11+,18-13+,19-14+,25-23+,26-24+,29-16+,30-17+,31-20+,32-21+. The molecule has 0 saturated heterocycles. The molecule has 2 atom stereocenters. The minimum Gasteiger partial charge on any atom is -0.390 e. The van der Waals surface area contributed by atoms with Crippen molar-refractivity contribution in [2.24, 2.45) is 10.8 Å². The van der Waals surface area contributed by atoms with Crippen LogP contribution in [0, 0.1) is 10.8 Å². The minimum atomic E-state index is -0.785. The highest BCUT2D eigenvalue weighted by atomic mass is 16.3. The summed E-state index contributed by atoms with van der Waals surface area (Å²) in [5.41, 5.74) is 9.86. The molecule has 0 spiro atoms. The van der Waals surface area contributed by atoms with Gasteiger partial charge in [0.15, 0.2) is 0 Å². The maximum Gasteiger partial charge on any atom is 0.101 e. The lowest BCUT2D eigenvalue weighted by Gasteiger charge is -2.38. The zero-order valence-electron chi connectivity index (χ0n) is 28.0. The molecule has 0 aliphatic heterocycles. The molecule has 0 saturated carbocycles. The Morgan fingerprint density at radius 1 is 0.643 bits per heavy atom. The van der Waals surface area contributed by atoms with Gasteiger partial charge in [0.25, 0.3) is 0 Å². The Bertz CT molecular complexity index is 1290. The first-order chi connectivity index (χ1) is 19.6. The molecule has 2 aliphatic rings. The quantitative estimate of drug-likeness (QED) is 0.257. The van der Waals surface area contributed by atoms with Gasteiger partial charge in [-0.3, -0.25) is 0 Å². The van der Waals surface area contributed by atoms with Gasteiger partial charge in [0.05, 0.1) is 6.10 Å². The van der Waals surface area contributed by atoms with Crippen LogP contribution in [-0.2, 0) is 0 Å². The minimum absolute atomic E-state index is 0.167. The summed E-state index contributed by atoms with van der Waals surface area (Å²) in [7, 11) is 0. The fourth-order valence-corrected chi connectivity index (χ4v) is 5.86. The lowest BCUT2D eigenvalue weighted by Crippen LogP contribution is -2.38. The van der Waals surface area contributed by atoms with Crippen molar-refractivity contribution in [2.75, 3.05) is 0 Å². The number of rotatable bonds is 10. The van der Waals surface area contributed by atoms with Crippen molar-refractivity contribution in [3.63, 3.8) is 0 Å². The van der Waals surface area contributed by atoms with Crippen LogP contribution in [0.2, 0.25) is 0 Å². The third kappa shape index (κ3) is 11.0. The van der Waals surface area contributed by atoms with Gasteiger partial charge in [0.2, 0.25) is 0 Å². The van der Waals surface area contributed by atoms with E-state index >= 15 is 0 Å².